The number of benzene rings is 1. The number of thiazole rings is 1. The van der Waals surface area contributed by atoms with E-state index in [4.69, 9.17) is 4.52 Å². The van der Waals surface area contributed by atoms with Crippen molar-refractivity contribution in [2.45, 2.75) is 26.7 Å². The molecule has 0 bridgehead atoms. The van der Waals surface area contributed by atoms with Crippen molar-refractivity contribution in [3.8, 4) is 11.5 Å². The molecule has 0 aliphatic carbocycles. The molecular formula is C20H23N5O2S. The summed E-state index contributed by atoms with van der Waals surface area (Å²) in [6, 6.07) is 9.76. The second-order valence-electron chi connectivity index (χ2n) is 7.08. The Kier molecular flexibility index (Phi) is 5.38. The lowest BCUT2D eigenvalue weighted by Crippen LogP contribution is -2.41. The summed E-state index contributed by atoms with van der Waals surface area (Å²) in [7, 11) is 0. The van der Waals surface area contributed by atoms with E-state index in [9.17, 15) is 4.79 Å². The molecule has 0 saturated carbocycles. The van der Waals surface area contributed by atoms with Gasteiger partial charge in [0.05, 0.1) is 10.7 Å². The van der Waals surface area contributed by atoms with Crippen molar-refractivity contribution in [3.05, 3.63) is 45.9 Å². The molecule has 1 saturated heterocycles. The molecular weight excluding hydrogens is 374 g/mol. The molecule has 4 rings (SSSR count). The Morgan fingerprint density at radius 2 is 2.11 bits per heavy atom. The topological polar surface area (TPSA) is 84.2 Å². The first-order chi connectivity index (χ1) is 13.6. The van der Waals surface area contributed by atoms with Gasteiger partial charge in [0.2, 0.25) is 0 Å². The normalized spacial score (nSPS) is 16.9. The molecule has 1 aliphatic heterocycles. The average molecular weight is 398 g/mol. The first kappa shape index (κ1) is 18.6. The van der Waals surface area contributed by atoms with Crippen LogP contribution in [0.2, 0.25) is 0 Å². The molecule has 1 amide bonds. The summed E-state index contributed by atoms with van der Waals surface area (Å²) in [6.07, 6.45) is 2.11. The van der Waals surface area contributed by atoms with Crippen molar-refractivity contribution in [1.29, 1.82) is 0 Å². The van der Waals surface area contributed by atoms with E-state index in [2.05, 4.69) is 25.3 Å². The Hall–Kier alpha value is -2.74. The number of hydrogen-bond donors (Lipinski definition) is 1. The molecule has 0 radical (unpaired) electrons. The van der Waals surface area contributed by atoms with E-state index in [0.29, 0.717) is 29.2 Å². The van der Waals surface area contributed by atoms with Crippen molar-refractivity contribution >= 4 is 23.2 Å². The Bertz CT molecular complexity index is 953. The van der Waals surface area contributed by atoms with Gasteiger partial charge in [-0.25, -0.2) is 4.98 Å². The highest BCUT2D eigenvalue weighted by Gasteiger charge is 2.25. The minimum absolute atomic E-state index is 0.0360. The van der Waals surface area contributed by atoms with Gasteiger partial charge in [0, 0.05) is 25.2 Å². The molecule has 1 aliphatic rings. The highest BCUT2D eigenvalue weighted by atomic mass is 32.1. The van der Waals surface area contributed by atoms with Crippen LogP contribution in [0.25, 0.3) is 11.5 Å². The summed E-state index contributed by atoms with van der Waals surface area (Å²) in [5, 5.41) is 8.13. The summed E-state index contributed by atoms with van der Waals surface area (Å²) in [5.74, 6) is 1.46. The molecule has 146 valence electrons. The molecule has 2 aromatic heterocycles. The van der Waals surface area contributed by atoms with Gasteiger partial charge in [-0.2, -0.15) is 4.98 Å². The van der Waals surface area contributed by atoms with Crippen molar-refractivity contribution in [3.63, 3.8) is 0 Å². The summed E-state index contributed by atoms with van der Waals surface area (Å²) >= 11 is 1.44. The van der Waals surface area contributed by atoms with Crippen LogP contribution in [0.15, 0.2) is 34.9 Å². The molecule has 1 unspecified atom stereocenters. The number of rotatable bonds is 5. The Morgan fingerprint density at radius 1 is 1.29 bits per heavy atom. The van der Waals surface area contributed by atoms with Crippen LogP contribution in [0, 0.1) is 19.8 Å². The fourth-order valence-corrected chi connectivity index (χ4v) is 4.35. The van der Waals surface area contributed by atoms with Crippen molar-refractivity contribution < 1.29 is 9.32 Å². The van der Waals surface area contributed by atoms with E-state index in [0.717, 1.165) is 42.2 Å². The second kappa shape index (κ2) is 8.10. The second-order valence-corrected chi connectivity index (χ2v) is 8.28. The van der Waals surface area contributed by atoms with Crippen molar-refractivity contribution in [2.24, 2.45) is 5.92 Å². The van der Waals surface area contributed by atoms with Crippen LogP contribution in [-0.2, 0) is 0 Å². The van der Waals surface area contributed by atoms with E-state index >= 15 is 0 Å². The van der Waals surface area contributed by atoms with Gasteiger partial charge in [0.1, 0.15) is 4.88 Å². The number of nitrogens with one attached hydrogen (secondary N) is 1. The van der Waals surface area contributed by atoms with Crippen LogP contribution in [0.1, 0.15) is 33.2 Å². The van der Waals surface area contributed by atoms with Gasteiger partial charge in [-0.1, -0.05) is 18.2 Å². The lowest BCUT2D eigenvalue weighted by molar-refractivity contribution is 0.0949. The minimum atomic E-state index is -0.0360. The molecule has 1 aromatic carbocycles. The van der Waals surface area contributed by atoms with Gasteiger partial charge in [-0.05, 0) is 49.9 Å². The third kappa shape index (κ3) is 4.06. The molecule has 28 heavy (non-hydrogen) atoms. The molecule has 1 atom stereocenters. The Morgan fingerprint density at radius 3 is 2.86 bits per heavy atom. The predicted molar refractivity (Wildman–Crippen MR) is 109 cm³/mol. The zero-order valence-corrected chi connectivity index (χ0v) is 16.8. The molecule has 3 heterocycles. The fourth-order valence-electron chi connectivity index (χ4n) is 3.51. The largest absolute Gasteiger partial charge is 0.351 e. The molecule has 7 nitrogen and oxygen atoms in total. The lowest BCUT2D eigenvalue weighted by atomic mass is 9.98. The van der Waals surface area contributed by atoms with E-state index in [-0.39, 0.29) is 5.91 Å². The van der Waals surface area contributed by atoms with E-state index in [1.165, 1.54) is 11.3 Å². The average Bonchev–Trinajstić information content (AvgIpc) is 3.34. The van der Waals surface area contributed by atoms with Gasteiger partial charge < -0.3 is 14.7 Å². The zero-order valence-electron chi connectivity index (χ0n) is 16.0. The molecule has 1 N–H and O–H groups in total. The Balaban J connectivity index is 1.36. The van der Waals surface area contributed by atoms with Crippen molar-refractivity contribution in [1.82, 2.24) is 20.4 Å². The number of amides is 1. The van der Waals surface area contributed by atoms with E-state index in [1.54, 1.807) is 0 Å². The lowest BCUT2D eigenvalue weighted by Gasteiger charge is -2.31. The predicted octanol–water partition coefficient (Wildman–Crippen LogP) is 3.46. The van der Waals surface area contributed by atoms with Gasteiger partial charge in [0.25, 0.3) is 17.7 Å². The number of piperidine rings is 1. The maximum atomic E-state index is 12.4. The van der Waals surface area contributed by atoms with Gasteiger partial charge in [-0.15, -0.1) is 11.3 Å². The molecule has 0 spiro atoms. The van der Waals surface area contributed by atoms with Crippen LogP contribution in [0.5, 0.6) is 0 Å². The number of carbonyl (C=O) groups excluding carboxylic acids is 1. The van der Waals surface area contributed by atoms with Gasteiger partial charge >= 0.3 is 0 Å². The number of hydrogen-bond acceptors (Lipinski definition) is 7. The number of nitrogens with zero attached hydrogens (tertiary/aromatic N) is 4. The number of anilines is 1. The van der Waals surface area contributed by atoms with Crippen molar-refractivity contribution in [2.75, 3.05) is 24.5 Å². The van der Waals surface area contributed by atoms with Gasteiger partial charge in [0.15, 0.2) is 0 Å². The van der Waals surface area contributed by atoms with E-state index < -0.39 is 0 Å². The zero-order chi connectivity index (χ0) is 19.5. The van der Waals surface area contributed by atoms with Crippen LogP contribution in [-0.4, -0.2) is 40.7 Å². The van der Waals surface area contributed by atoms with Crippen LogP contribution < -0.4 is 10.2 Å². The van der Waals surface area contributed by atoms with Gasteiger partial charge in [-0.3, -0.25) is 4.79 Å². The first-order valence-corrected chi connectivity index (χ1v) is 10.3. The third-order valence-corrected chi connectivity index (χ3v) is 5.97. The maximum Gasteiger partial charge on any atom is 0.266 e. The molecule has 8 heteroatoms. The van der Waals surface area contributed by atoms with Crippen LogP contribution in [0.4, 0.5) is 5.95 Å². The van der Waals surface area contributed by atoms with Crippen LogP contribution in [0.3, 0.4) is 0 Å². The highest BCUT2D eigenvalue weighted by molar-refractivity contribution is 7.13. The first-order valence-electron chi connectivity index (χ1n) is 9.46. The fraction of sp³-hybridized carbons (Fsp3) is 0.400. The maximum absolute atomic E-state index is 12.4. The summed E-state index contributed by atoms with van der Waals surface area (Å²) in [6.45, 7) is 6.12. The van der Waals surface area contributed by atoms with Crippen LogP contribution >= 0.6 is 11.3 Å². The third-order valence-electron chi connectivity index (χ3n) is 4.90. The highest BCUT2D eigenvalue weighted by Crippen LogP contribution is 2.24. The standard InChI is InChI=1S/C20H23N5O2S/c1-13-17(28-14(2)22-13)18(26)21-11-15-7-6-10-25(12-15)20-23-19(27-24-20)16-8-4-3-5-9-16/h3-5,8-9,15H,6-7,10-12H2,1-2H3,(H,21,26). The monoisotopic (exact) mass is 397 g/mol. The summed E-state index contributed by atoms with van der Waals surface area (Å²) in [5.41, 5.74) is 1.71. The number of aryl methyl sites for hydroxylation is 2. The minimum Gasteiger partial charge on any atom is -0.351 e. The molecule has 3 aromatic rings. The SMILES string of the molecule is Cc1nc(C)c(C(=O)NCC2CCCN(c3noc(-c4ccccc4)n3)C2)s1. The molecule has 1 fully saturated rings. The van der Waals surface area contributed by atoms with E-state index in [1.807, 2.05) is 44.2 Å². The smallest absolute Gasteiger partial charge is 0.266 e. The quantitative estimate of drug-likeness (QED) is 0.710. The number of carbonyl (C=O) groups is 1. The Labute approximate surface area is 167 Å². The summed E-state index contributed by atoms with van der Waals surface area (Å²) in [4.78, 5) is 24.2. The number of aromatic nitrogens is 3. The summed E-state index contributed by atoms with van der Waals surface area (Å²) < 4.78 is 5.43.